The Labute approximate surface area is 160 Å². The Morgan fingerprint density at radius 3 is 2.30 bits per heavy atom. The highest BCUT2D eigenvalue weighted by molar-refractivity contribution is 7.99. The van der Waals surface area contributed by atoms with Crippen molar-refractivity contribution >= 4 is 34.7 Å². The van der Waals surface area contributed by atoms with Crippen LogP contribution in [0.25, 0.3) is 10.8 Å². The third-order valence-corrected chi connectivity index (χ3v) is 4.65. The van der Waals surface area contributed by atoms with E-state index in [1.54, 1.807) is 24.3 Å². The molecule has 0 saturated carbocycles. The van der Waals surface area contributed by atoms with Gasteiger partial charge in [-0.2, -0.15) is 0 Å². The molecule has 0 unspecified atom stereocenters. The van der Waals surface area contributed by atoms with E-state index in [0.29, 0.717) is 27.2 Å². The van der Waals surface area contributed by atoms with Gasteiger partial charge < -0.3 is 14.2 Å². The number of esters is 1. The third-order valence-electron chi connectivity index (χ3n) is 3.62. The van der Waals surface area contributed by atoms with E-state index >= 15 is 0 Å². The Kier molecular flexibility index (Phi) is 5.78. The van der Waals surface area contributed by atoms with Gasteiger partial charge in [0, 0.05) is 21.7 Å². The monoisotopic (exact) mass is 380 g/mol. The zero-order chi connectivity index (χ0) is 19.2. The lowest BCUT2D eigenvalue weighted by Crippen LogP contribution is -2.09. The molecule has 0 N–H and O–H groups in total. The molecule has 0 spiro atoms. The number of benzene rings is 3. The maximum absolute atomic E-state index is 11.9. The van der Waals surface area contributed by atoms with Crippen molar-refractivity contribution in [3.8, 4) is 11.5 Å². The van der Waals surface area contributed by atoms with Crippen molar-refractivity contribution < 1.29 is 23.8 Å². The maximum atomic E-state index is 11.9. The first-order chi connectivity index (χ1) is 13.1. The van der Waals surface area contributed by atoms with Gasteiger partial charge in [0.15, 0.2) is 5.75 Å². The standard InChI is InChI=1S/C21H16O5S/c1-3-19(22)26-20-16-12-8-7-11-15(16)17(25-21(23)24-2)13-18(20)27-14-9-5-4-6-10-14/h3-13H,1H2,2H3. The van der Waals surface area contributed by atoms with Gasteiger partial charge in [0.1, 0.15) is 5.75 Å². The number of methoxy groups -OCH3 is 1. The summed E-state index contributed by atoms with van der Waals surface area (Å²) < 4.78 is 15.4. The summed E-state index contributed by atoms with van der Waals surface area (Å²) in [6.45, 7) is 3.45. The van der Waals surface area contributed by atoms with E-state index in [2.05, 4.69) is 11.3 Å². The quantitative estimate of drug-likeness (QED) is 0.261. The Bertz CT molecular complexity index is 998. The predicted octanol–water partition coefficient (Wildman–Crippen LogP) is 5.23. The van der Waals surface area contributed by atoms with E-state index < -0.39 is 12.1 Å². The second-order valence-corrected chi connectivity index (χ2v) is 6.46. The second kappa shape index (κ2) is 8.42. The van der Waals surface area contributed by atoms with Crippen LogP contribution in [0.1, 0.15) is 0 Å². The van der Waals surface area contributed by atoms with Gasteiger partial charge in [0.2, 0.25) is 0 Å². The minimum absolute atomic E-state index is 0.314. The van der Waals surface area contributed by atoms with Gasteiger partial charge in [-0.15, -0.1) is 0 Å². The molecule has 0 aliphatic rings. The van der Waals surface area contributed by atoms with Crippen LogP contribution in [-0.2, 0) is 9.53 Å². The summed E-state index contributed by atoms with van der Waals surface area (Å²) in [7, 11) is 1.24. The van der Waals surface area contributed by atoms with Gasteiger partial charge in [0.05, 0.1) is 12.0 Å². The highest BCUT2D eigenvalue weighted by Gasteiger charge is 2.19. The number of hydrogen-bond donors (Lipinski definition) is 0. The number of hydrogen-bond acceptors (Lipinski definition) is 6. The lowest BCUT2D eigenvalue weighted by molar-refractivity contribution is -0.129. The molecule has 3 rings (SSSR count). The topological polar surface area (TPSA) is 61.8 Å². The number of rotatable bonds is 5. The molecule has 6 heteroatoms. The molecular formula is C21H16O5S. The van der Waals surface area contributed by atoms with Crippen LogP contribution in [0.2, 0.25) is 0 Å². The fraction of sp³-hybridized carbons (Fsp3) is 0.0476. The molecule has 3 aromatic carbocycles. The van der Waals surface area contributed by atoms with Crippen molar-refractivity contribution in [1.29, 1.82) is 0 Å². The zero-order valence-corrected chi connectivity index (χ0v) is 15.3. The van der Waals surface area contributed by atoms with Crippen molar-refractivity contribution in [2.45, 2.75) is 9.79 Å². The molecule has 0 amide bonds. The number of carbonyl (C=O) groups excluding carboxylic acids is 2. The summed E-state index contributed by atoms with van der Waals surface area (Å²) in [6.07, 6.45) is 0.275. The zero-order valence-electron chi connectivity index (χ0n) is 14.5. The molecule has 0 radical (unpaired) electrons. The van der Waals surface area contributed by atoms with Crippen LogP contribution in [0, 0.1) is 0 Å². The Hall–Kier alpha value is -3.25. The number of ether oxygens (including phenoxy) is 3. The highest BCUT2D eigenvalue weighted by Crippen LogP contribution is 2.44. The molecular weight excluding hydrogens is 364 g/mol. The lowest BCUT2D eigenvalue weighted by atomic mass is 10.1. The molecule has 136 valence electrons. The first kappa shape index (κ1) is 18.5. The minimum Gasteiger partial charge on any atom is -0.437 e. The van der Waals surface area contributed by atoms with E-state index in [1.165, 1.54) is 18.9 Å². The van der Waals surface area contributed by atoms with Crippen LogP contribution in [0.3, 0.4) is 0 Å². The first-order valence-corrected chi connectivity index (χ1v) is 8.82. The van der Waals surface area contributed by atoms with Gasteiger partial charge >= 0.3 is 12.1 Å². The van der Waals surface area contributed by atoms with Crippen LogP contribution in [0.4, 0.5) is 4.79 Å². The average Bonchev–Trinajstić information content (AvgIpc) is 2.71. The van der Waals surface area contributed by atoms with E-state index in [9.17, 15) is 9.59 Å². The SMILES string of the molecule is C=CC(=O)Oc1c(Sc2ccccc2)cc(OC(=O)OC)c2ccccc12. The molecule has 0 fully saturated rings. The van der Waals surface area contributed by atoms with Gasteiger partial charge in [0.25, 0.3) is 0 Å². The Morgan fingerprint density at radius 2 is 1.63 bits per heavy atom. The third kappa shape index (κ3) is 4.30. The summed E-state index contributed by atoms with van der Waals surface area (Å²) in [6, 6.07) is 18.4. The van der Waals surface area contributed by atoms with E-state index in [0.717, 1.165) is 11.0 Å². The predicted molar refractivity (Wildman–Crippen MR) is 103 cm³/mol. The molecule has 0 saturated heterocycles. The summed E-state index contributed by atoms with van der Waals surface area (Å²) in [5.41, 5.74) is 0. The van der Waals surface area contributed by atoms with E-state index in [1.807, 2.05) is 36.4 Å². The molecule has 27 heavy (non-hydrogen) atoms. The molecule has 0 aromatic heterocycles. The average molecular weight is 380 g/mol. The van der Waals surface area contributed by atoms with Crippen LogP contribution in [0.15, 0.2) is 83.1 Å². The smallest absolute Gasteiger partial charge is 0.437 e. The van der Waals surface area contributed by atoms with Crippen molar-refractivity contribution in [3.63, 3.8) is 0 Å². The van der Waals surface area contributed by atoms with Crippen LogP contribution >= 0.6 is 11.8 Å². The first-order valence-electron chi connectivity index (χ1n) is 8.01. The fourth-order valence-corrected chi connectivity index (χ4v) is 3.40. The summed E-state index contributed by atoms with van der Waals surface area (Å²) in [5.74, 6) is 0.118. The minimum atomic E-state index is -0.827. The molecule has 3 aromatic rings. The van der Waals surface area contributed by atoms with E-state index in [4.69, 9.17) is 9.47 Å². The van der Waals surface area contributed by atoms with Crippen LogP contribution in [-0.4, -0.2) is 19.2 Å². The molecule has 0 aliphatic heterocycles. The molecule has 0 heterocycles. The normalized spacial score (nSPS) is 10.3. The van der Waals surface area contributed by atoms with Gasteiger partial charge in [-0.1, -0.05) is 60.8 Å². The molecule has 0 atom stereocenters. The lowest BCUT2D eigenvalue weighted by Gasteiger charge is -2.15. The van der Waals surface area contributed by atoms with E-state index in [-0.39, 0.29) is 0 Å². The summed E-state index contributed by atoms with van der Waals surface area (Å²) in [5, 5.41) is 1.25. The number of carbonyl (C=O) groups is 2. The Morgan fingerprint density at radius 1 is 0.963 bits per heavy atom. The molecule has 0 aliphatic carbocycles. The summed E-state index contributed by atoms with van der Waals surface area (Å²) >= 11 is 1.39. The van der Waals surface area contributed by atoms with Crippen molar-refractivity contribution in [1.82, 2.24) is 0 Å². The Balaban J connectivity index is 2.19. The van der Waals surface area contributed by atoms with Gasteiger partial charge in [-0.25, -0.2) is 9.59 Å². The van der Waals surface area contributed by atoms with Crippen LogP contribution < -0.4 is 9.47 Å². The largest absolute Gasteiger partial charge is 0.513 e. The number of fused-ring (bicyclic) bond motifs is 1. The van der Waals surface area contributed by atoms with Crippen LogP contribution in [0.5, 0.6) is 11.5 Å². The van der Waals surface area contributed by atoms with Gasteiger partial charge in [-0.05, 0) is 18.2 Å². The summed E-state index contributed by atoms with van der Waals surface area (Å²) in [4.78, 5) is 25.1. The fourth-order valence-electron chi connectivity index (χ4n) is 2.45. The van der Waals surface area contributed by atoms with Crippen molar-refractivity contribution in [2.75, 3.05) is 7.11 Å². The van der Waals surface area contributed by atoms with Crippen molar-refractivity contribution in [2.24, 2.45) is 0 Å². The van der Waals surface area contributed by atoms with Gasteiger partial charge in [-0.3, -0.25) is 0 Å². The van der Waals surface area contributed by atoms with Crippen molar-refractivity contribution in [3.05, 3.63) is 73.3 Å². The molecule has 5 nitrogen and oxygen atoms in total. The highest BCUT2D eigenvalue weighted by atomic mass is 32.2. The second-order valence-electron chi connectivity index (χ2n) is 5.34. The maximum Gasteiger partial charge on any atom is 0.513 e. The molecule has 0 bridgehead atoms.